The van der Waals surface area contributed by atoms with Crippen LogP contribution in [0.2, 0.25) is 0 Å². The first-order valence-electron chi connectivity index (χ1n) is 7.74. The average molecular weight is 329 g/mol. The second-order valence-corrected chi connectivity index (χ2v) is 6.74. The molecule has 5 heteroatoms. The third-order valence-corrected chi connectivity index (χ3v) is 4.71. The number of esters is 1. The zero-order chi connectivity index (χ0) is 16.1. The second-order valence-electron chi connectivity index (χ2n) is 5.71. The normalized spacial score (nSPS) is 15.0. The van der Waals surface area contributed by atoms with Gasteiger partial charge >= 0.3 is 5.97 Å². The van der Waals surface area contributed by atoms with E-state index in [0.717, 1.165) is 23.3 Å². The van der Waals surface area contributed by atoms with E-state index < -0.39 is 0 Å². The molecular formula is C18H19NO3S. The van der Waals surface area contributed by atoms with E-state index in [4.69, 9.17) is 4.74 Å². The van der Waals surface area contributed by atoms with Gasteiger partial charge in [0.05, 0.1) is 12.5 Å². The number of benzene rings is 1. The van der Waals surface area contributed by atoms with Crippen LogP contribution in [0.4, 0.5) is 0 Å². The van der Waals surface area contributed by atoms with Gasteiger partial charge in [-0.3, -0.25) is 9.59 Å². The predicted octanol–water partition coefficient (Wildman–Crippen LogP) is 3.10. The highest BCUT2D eigenvalue weighted by molar-refractivity contribution is 7.10. The summed E-state index contributed by atoms with van der Waals surface area (Å²) >= 11 is 1.50. The summed E-state index contributed by atoms with van der Waals surface area (Å²) in [5.74, 6) is -0.126. The highest BCUT2D eigenvalue weighted by atomic mass is 32.1. The Bertz CT molecular complexity index is 650. The van der Waals surface area contributed by atoms with E-state index in [1.54, 1.807) is 0 Å². The first-order chi connectivity index (χ1) is 11.2. The molecule has 1 amide bonds. The molecule has 1 N–H and O–H groups in total. The van der Waals surface area contributed by atoms with Crippen molar-refractivity contribution in [1.29, 1.82) is 0 Å². The summed E-state index contributed by atoms with van der Waals surface area (Å²) in [6.07, 6.45) is 2.46. The van der Waals surface area contributed by atoms with Gasteiger partial charge in [-0.05, 0) is 35.8 Å². The largest absolute Gasteiger partial charge is 0.455 e. The smallest absolute Gasteiger partial charge is 0.311 e. The van der Waals surface area contributed by atoms with Crippen LogP contribution in [0.5, 0.6) is 0 Å². The molecule has 0 aliphatic heterocycles. The number of hydrogen-bond acceptors (Lipinski definition) is 4. The molecule has 1 unspecified atom stereocenters. The molecule has 1 aliphatic carbocycles. The fourth-order valence-electron chi connectivity index (χ4n) is 2.53. The lowest BCUT2D eigenvalue weighted by molar-refractivity contribution is -0.148. The van der Waals surface area contributed by atoms with Crippen LogP contribution in [0.3, 0.4) is 0 Å². The van der Waals surface area contributed by atoms with Gasteiger partial charge in [-0.25, -0.2) is 0 Å². The van der Waals surface area contributed by atoms with E-state index in [9.17, 15) is 9.59 Å². The van der Waals surface area contributed by atoms with E-state index >= 15 is 0 Å². The predicted molar refractivity (Wildman–Crippen MR) is 89.0 cm³/mol. The number of nitrogens with one attached hydrogen (secondary N) is 1. The Hall–Kier alpha value is -2.14. The minimum absolute atomic E-state index is 0.0136. The van der Waals surface area contributed by atoms with E-state index in [2.05, 4.69) is 5.32 Å². The minimum atomic E-state index is -0.370. The molecule has 1 aromatic carbocycles. The zero-order valence-electron chi connectivity index (χ0n) is 12.7. The lowest BCUT2D eigenvalue weighted by Crippen LogP contribution is -2.33. The molecule has 1 atom stereocenters. The Labute approximate surface area is 139 Å². The lowest BCUT2D eigenvalue weighted by atomic mass is 10.0. The van der Waals surface area contributed by atoms with Gasteiger partial charge in [0.1, 0.15) is 0 Å². The van der Waals surface area contributed by atoms with Crippen LogP contribution in [-0.2, 0) is 20.7 Å². The Kier molecular flexibility index (Phi) is 5.08. The molecule has 1 aromatic heterocycles. The molecular weight excluding hydrogens is 310 g/mol. The summed E-state index contributed by atoms with van der Waals surface area (Å²) in [4.78, 5) is 24.7. The molecule has 1 heterocycles. The molecule has 0 spiro atoms. The van der Waals surface area contributed by atoms with Gasteiger partial charge in [-0.2, -0.15) is 0 Å². The maximum atomic E-state index is 12.1. The van der Waals surface area contributed by atoms with Crippen molar-refractivity contribution in [2.24, 2.45) is 5.92 Å². The van der Waals surface area contributed by atoms with Gasteiger partial charge in [-0.15, -0.1) is 11.3 Å². The summed E-state index contributed by atoms with van der Waals surface area (Å²) in [6, 6.07) is 13.7. The molecule has 1 aliphatic rings. The van der Waals surface area contributed by atoms with Crippen LogP contribution in [0, 0.1) is 5.92 Å². The number of carbonyl (C=O) groups is 2. The van der Waals surface area contributed by atoms with Crippen LogP contribution in [-0.4, -0.2) is 18.5 Å². The van der Waals surface area contributed by atoms with Crippen LogP contribution in [0.15, 0.2) is 47.8 Å². The van der Waals surface area contributed by atoms with Crippen molar-refractivity contribution in [3.8, 4) is 0 Å². The van der Waals surface area contributed by atoms with Crippen LogP contribution in [0.1, 0.15) is 29.3 Å². The minimum Gasteiger partial charge on any atom is -0.455 e. The van der Waals surface area contributed by atoms with E-state index in [1.165, 1.54) is 11.3 Å². The maximum absolute atomic E-state index is 12.1. The van der Waals surface area contributed by atoms with E-state index in [0.29, 0.717) is 5.92 Å². The van der Waals surface area contributed by atoms with Gasteiger partial charge < -0.3 is 10.1 Å². The summed E-state index contributed by atoms with van der Waals surface area (Å²) in [6.45, 7) is -0.222. The van der Waals surface area contributed by atoms with Crippen LogP contribution < -0.4 is 5.32 Å². The Balaban J connectivity index is 1.49. The van der Waals surface area contributed by atoms with Crippen LogP contribution in [0.25, 0.3) is 0 Å². The molecule has 1 fully saturated rings. The topological polar surface area (TPSA) is 55.4 Å². The summed E-state index contributed by atoms with van der Waals surface area (Å²) in [5, 5.41) is 4.91. The fraction of sp³-hybridized carbons (Fsp3) is 0.333. The molecule has 4 nitrogen and oxygen atoms in total. The highest BCUT2D eigenvalue weighted by Crippen LogP contribution is 2.40. The standard InChI is InChI=1S/C18H19NO3S/c20-16(12-22-17(21)11-15-7-4-10-23-15)19-18(14-8-9-14)13-5-2-1-3-6-13/h1-7,10,14,18H,8-9,11-12H2,(H,19,20). The quantitative estimate of drug-likeness (QED) is 0.794. The van der Waals surface area contributed by atoms with Crippen LogP contribution >= 0.6 is 11.3 Å². The molecule has 3 rings (SSSR count). The molecule has 0 bridgehead atoms. The van der Waals surface area contributed by atoms with E-state index in [-0.39, 0.29) is 30.9 Å². The van der Waals surface area contributed by atoms with Crippen molar-refractivity contribution in [2.45, 2.75) is 25.3 Å². The number of hydrogen-bond donors (Lipinski definition) is 1. The molecule has 23 heavy (non-hydrogen) atoms. The monoisotopic (exact) mass is 329 g/mol. The van der Waals surface area contributed by atoms with Gasteiger partial charge in [0.2, 0.25) is 0 Å². The fourth-order valence-corrected chi connectivity index (χ4v) is 3.22. The third kappa shape index (κ3) is 4.66. The summed E-state index contributed by atoms with van der Waals surface area (Å²) in [5.41, 5.74) is 1.10. The number of rotatable bonds is 7. The summed E-state index contributed by atoms with van der Waals surface area (Å²) in [7, 11) is 0. The zero-order valence-corrected chi connectivity index (χ0v) is 13.6. The van der Waals surface area contributed by atoms with Crippen molar-refractivity contribution in [1.82, 2.24) is 5.32 Å². The van der Waals surface area contributed by atoms with Crippen molar-refractivity contribution < 1.29 is 14.3 Å². The Morgan fingerprint density at radius 1 is 1.17 bits per heavy atom. The highest BCUT2D eigenvalue weighted by Gasteiger charge is 2.33. The maximum Gasteiger partial charge on any atom is 0.311 e. The van der Waals surface area contributed by atoms with Gasteiger partial charge in [0.25, 0.3) is 5.91 Å². The van der Waals surface area contributed by atoms with Gasteiger partial charge in [-0.1, -0.05) is 36.4 Å². The number of carbonyl (C=O) groups excluding carboxylic acids is 2. The van der Waals surface area contributed by atoms with Gasteiger partial charge in [0, 0.05) is 4.88 Å². The van der Waals surface area contributed by atoms with Crippen molar-refractivity contribution in [3.63, 3.8) is 0 Å². The number of amides is 1. The number of ether oxygens (including phenoxy) is 1. The molecule has 120 valence electrons. The SMILES string of the molecule is O=C(COC(=O)Cc1cccs1)NC(c1ccccc1)C1CC1. The molecule has 0 radical (unpaired) electrons. The number of thiophene rings is 1. The Morgan fingerprint density at radius 2 is 1.96 bits per heavy atom. The molecule has 1 saturated carbocycles. The second kappa shape index (κ2) is 7.42. The van der Waals surface area contributed by atoms with Gasteiger partial charge in [0.15, 0.2) is 6.61 Å². The van der Waals surface area contributed by atoms with Crippen molar-refractivity contribution in [2.75, 3.05) is 6.61 Å². The van der Waals surface area contributed by atoms with Crippen molar-refractivity contribution in [3.05, 3.63) is 58.3 Å². The Morgan fingerprint density at radius 3 is 2.61 bits per heavy atom. The average Bonchev–Trinajstić information content (AvgIpc) is 3.28. The first kappa shape index (κ1) is 15.7. The summed E-state index contributed by atoms with van der Waals surface area (Å²) < 4.78 is 5.07. The molecule has 0 saturated heterocycles. The lowest BCUT2D eigenvalue weighted by Gasteiger charge is -2.18. The van der Waals surface area contributed by atoms with Crippen molar-refractivity contribution >= 4 is 23.2 Å². The van der Waals surface area contributed by atoms with E-state index in [1.807, 2.05) is 47.8 Å². The third-order valence-electron chi connectivity index (χ3n) is 3.83. The molecule has 2 aromatic rings. The first-order valence-corrected chi connectivity index (χ1v) is 8.62.